The molecule has 1 heterocycles. The molecule has 4 atom stereocenters. The van der Waals surface area contributed by atoms with Gasteiger partial charge in [-0.2, -0.15) is 0 Å². The van der Waals surface area contributed by atoms with Gasteiger partial charge < -0.3 is 0 Å². The van der Waals surface area contributed by atoms with Crippen LogP contribution in [0, 0.1) is 5.92 Å². The Bertz CT molecular complexity index is 502. The van der Waals surface area contributed by atoms with E-state index in [1.54, 1.807) is 0 Å². The quantitative estimate of drug-likeness (QED) is 0.801. The highest BCUT2D eigenvalue weighted by Crippen LogP contribution is 2.38. The number of carbonyl (C=O) groups excluding carboxylic acids is 1. The van der Waals surface area contributed by atoms with Crippen molar-refractivity contribution in [3.63, 3.8) is 0 Å². The SMILES string of the molecule is CS(=O)(=O)C1CCCC(N2CCCC2C2CCCC2=O)C1. The van der Waals surface area contributed by atoms with Crippen molar-refractivity contribution in [1.82, 2.24) is 4.90 Å². The monoisotopic (exact) mass is 313 g/mol. The number of sulfone groups is 1. The lowest BCUT2D eigenvalue weighted by molar-refractivity contribution is -0.122. The molecule has 5 heteroatoms. The van der Waals surface area contributed by atoms with Gasteiger partial charge >= 0.3 is 0 Å². The smallest absolute Gasteiger partial charge is 0.150 e. The van der Waals surface area contributed by atoms with Crippen LogP contribution in [0.15, 0.2) is 0 Å². The molecule has 4 unspecified atom stereocenters. The van der Waals surface area contributed by atoms with Crippen LogP contribution in [0.4, 0.5) is 0 Å². The molecule has 0 amide bonds. The largest absolute Gasteiger partial charge is 0.299 e. The number of likely N-dealkylation sites (tertiary alicyclic amines) is 1. The van der Waals surface area contributed by atoms with Gasteiger partial charge in [0.1, 0.15) is 15.6 Å². The minimum absolute atomic E-state index is 0.170. The second kappa shape index (κ2) is 5.99. The zero-order chi connectivity index (χ0) is 15.0. The van der Waals surface area contributed by atoms with Crippen LogP contribution in [0.5, 0.6) is 0 Å². The molecule has 3 fully saturated rings. The number of hydrogen-bond acceptors (Lipinski definition) is 4. The minimum atomic E-state index is -2.93. The molecule has 0 aromatic rings. The maximum absolute atomic E-state index is 12.1. The molecular weight excluding hydrogens is 286 g/mol. The number of carbonyl (C=O) groups is 1. The van der Waals surface area contributed by atoms with Crippen molar-refractivity contribution in [2.75, 3.05) is 12.8 Å². The minimum Gasteiger partial charge on any atom is -0.299 e. The number of nitrogens with zero attached hydrogens (tertiary/aromatic N) is 1. The van der Waals surface area contributed by atoms with Crippen molar-refractivity contribution in [3.05, 3.63) is 0 Å². The van der Waals surface area contributed by atoms with Crippen LogP contribution in [0.1, 0.15) is 57.8 Å². The maximum Gasteiger partial charge on any atom is 0.150 e. The Morgan fingerprint density at radius 2 is 1.86 bits per heavy atom. The lowest BCUT2D eigenvalue weighted by Gasteiger charge is -2.39. The number of Topliss-reactive ketones (excluding diaryl/α,β-unsaturated/α-hetero) is 1. The average molecular weight is 313 g/mol. The first-order valence-corrected chi connectivity index (χ1v) is 10.4. The molecular formula is C16H27NO3S. The first kappa shape index (κ1) is 15.5. The molecule has 0 bridgehead atoms. The normalized spacial score (nSPS) is 39.0. The zero-order valence-corrected chi connectivity index (χ0v) is 13.8. The van der Waals surface area contributed by atoms with Crippen molar-refractivity contribution >= 4 is 15.6 Å². The number of ketones is 1. The van der Waals surface area contributed by atoms with Crippen LogP contribution in [-0.2, 0) is 14.6 Å². The van der Waals surface area contributed by atoms with Gasteiger partial charge in [-0.25, -0.2) is 8.42 Å². The summed E-state index contributed by atoms with van der Waals surface area (Å²) in [7, 11) is -2.93. The van der Waals surface area contributed by atoms with Crippen molar-refractivity contribution in [1.29, 1.82) is 0 Å². The maximum atomic E-state index is 12.1. The number of hydrogen-bond donors (Lipinski definition) is 0. The molecule has 1 aliphatic heterocycles. The van der Waals surface area contributed by atoms with Gasteiger partial charge in [0.2, 0.25) is 0 Å². The molecule has 21 heavy (non-hydrogen) atoms. The molecule has 0 radical (unpaired) electrons. The average Bonchev–Trinajstić information content (AvgIpc) is 3.06. The zero-order valence-electron chi connectivity index (χ0n) is 13.0. The molecule has 3 rings (SSSR count). The predicted octanol–water partition coefficient (Wildman–Crippen LogP) is 2.18. The summed E-state index contributed by atoms with van der Waals surface area (Å²) in [6.07, 6.45) is 10.2. The molecule has 120 valence electrons. The summed E-state index contributed by atoms with van der Waals surface area (Å²) in [6.45, 7) is 1.05. The van der Waals surface area contributed by atoms with E-state index in [2.05, 4.69) is 4.90 Å². The standard InChI is InChI=1S/C16H27NO3S/c1-21(19,20)13-6-2-5-12(11-13)17-10-4-8-15(17)14-7-3-9-16(14)18/h12-15H,2-11H2,1H3. The summed E-state index contributed by atoms with van der Waals surface area (Å²) >= 11 is 0. The van der Waals surface area contributed by atoms with Crippen molar-refractivity contribution in [2.45, 2.75) is 75.1 Å². The first-order valence-electron chi connectivity index (χ1n) is 8.44. The highest BCUT2D eigenvalue weighted by atomic mass is 32.2. The summed E-state index contributed by atoms with van der Waals surface area (Å²) in [5, 5.41) is -0.170. The molecule has 0 N–H and O–H groups in total. The van der Waals surface area contributed by atoms with Crippen molar-refractivity contribution in [2.24, 2.45) is 5.92 Å². The third kappa shape index (κ3) is 3.19. The van der Waals surface area contributed by atoms with Gasteiger partial charge in [0.05, 0.1) is 5.25 Å². The Morgan fingerprint density at radius 1 is 1.05 bits per heavy atom. The van der Waals surface area contributed by atoms with E-state index in [1.165, 1.54) is 6.26 Å². The molecule has 4 nitrogen and oxygen atoms in total. The fraction of sp³-hybridized carbons (Fsp3) is 0.938. The van der Waals surface area contributed by atoms with Gasteiger partial charge in [-0.1, -0.05) is 6.42 Å². The van der Waals surface area contributed by atoms with Gasteiger partial charge in [0.15, 0.2) is 0 Å². The Labute approximate surface area is 128 Å². The lowest BCUT2D eigenvalue weighted by Crippen LogP contribution is -2.47. The highest BCUT2D eigenvalue weighted by molar-refractivity contribution is 7.91. The summed E-state index contributed by atoms with van der Waals surface area (Å²) < 4.78 is 23.7. The van der Waals surface area contributed by atoms with Crippen LogP contribution in [0.2, 0.25) is 0 Å². The molecule has 0 aromatic heterocycles. The van der Waals surface area contributed by atoms with Crippen LogP contribution in [-0.4, -0.2) is 49.2 Å². The second-order valence-electron chi connectivity index (χ2n) is 7.18. The lowest BCUT2D eigenvalue weighted by atomic mass is 9.89. The third-order valence-corrected chi connectivity index (χ3v) is 7.47. The number of rotatable bonds is 3. The van der Waals surface area contributed by atoms with E-state index in [0.29, 0.717) is 17.9 Å². The summed E-state index contributed by atoms with van der Waals surface area (Å²) in [4.78, 5) is 14.6. The van der Waals surface area contributed by atoms with E-state index in [1.807, 2.05) is 0 Å². The Kier molecular flexibility index (Phi) is 4.42. The van der Waals surface area contributed by atoms with E-state index in [4.69, 9.17) is 0 Å². The molecule has 3 aliphatic rings. The summed E-state index contributed by atoms with van der Waals surface area (Å²) in [5.41, 5.74) is 0. The van der Waals surface area contributed by atoms with Gasteiger partial charge in [-0.15, -0.1) is 0 Å². The molecule has 2 saturated carbocycles. The van der Waals surface area contributed by atoms with Crippen LogP contribution in [0.25, 0.3) is 0 Å². The van der Waals surface area contributed by atoms with Gasteiger partial charge in [-0.3, -0.25) is 9.69 Å². The Balaban J connectivity index is 1.71. The summed E-state index contributed by atoms with van der Waals surface area (Å²) in [6, 6.07) is 0.766. The third-order valence-electron chi connectivity index (χ3n) is 5.83. The van der Waals surface area contributed by atoms with E-state index in [-0.39, 0.29) is 11.2 Å². The van der Waals surface area contributed by atoms with E-state index in [0.717, 1.165) is 64.3 Å². The first-order chi connectivity index (χ1) is 9.97. The van der Waals surface area contributed by atoms with E-state index < -0.39 is 9.84 Å². The highest BCUT2D eigenvalue weighted by Gasteiger charge is 2.42. The van der Waals surface area contributed by atoms with Crippen LogP contribution >= 0.6 is 0 Å². The molecule has 0 aromatic carbocycles. The molecule has 0 spiro atoms. The van der Waals surface area contributed by atoms with E-state index in [9.17, 15) is 13.2 Å². The Morgan fingerprint density at radius 3 is 2.52 bits per heavy atom. The summed E-state index contributed by atoms with van der Waals surface area (Å²) in [5.74, 6) is 0.675. The van der Waals surface area contributed by atoms with Crippen LogP contribution in [0.3, 0.4) is 0 Å². The van der Waals surface area contributed by atoms with Gasteiger partial charge in [0.25, 0.3) is 0 Å². The van der Waals surface area contributed by atoms with Gasteiger partial charge in [-0.05, 0) is 51.5 Å². The van der Waals surface area contributed by atoms with Crippen molar-refractivity contribution in [3.8, 4) is 0 Å². The topological polar surface area (TPSA) is 54.5 Å². The van der Waals surface area contributed by atoms with Crippen molar-refractivity contribution < 1.29 is 13.2 Å². The van der Waals surface area contributed by atoms with Crippen LogP contribution < -0.4 is 0 Å². The second-order valence-corrected chi connectivity index (χ2v) is 9.51. The fourth-order valence-electron chi connectivity index (χ4n) is 4.76. The van der Waals surface area contributed by atoms with Gasteiger partial charge in [0, 0.05) is 30.7 Å². The fourth-order valence-corrected chi connectivity index (χ4v) is 5.93. The molecule has 1 saturated heterocycles. The predicted molar refractivity (Wildman–Crippen MR) is 83.0 cm³/mol. The Hall–Kier alpha value is -0.420. The molecule has 2 aliphatic carbocycles. The van der Waals surface area contributed by atoms with E-state index >= 15 is 0 Å².